The predicted octanol–water partition coefficient (Wildman–Crippen LogP) is 2.43. The van der Waals surface area contributed by atoms with Crippen LogP contribution in [-0.4, -0.2) is 54.8 Å². The second-order valence-corrected chi connectivity index (χ2v) is 6.00. The van der Waals surface area contributed by atoms with E-state index in [-0.39, 0.29) is 0 Å². The highest BCUT2D eigenvalue weighted by molar-refractivity contribution is 9.09. The van der Waals surface area contributed by atoms with E-state index >= 15 is 0 Å². The number of likely N-dealkylation sites (tertiary alicyclic amines) is 1. The van der Waals surface area contributed by atoms with Crippen molar-refractivity contribution in [2.75, 3.05) is 31.6 Å². The molecule has 0 radical (unpaired) electrons. The van der Waals surface area contributed by atoms with E-state index in [9.17, 15) is 0 Å². The first-order valence-electron chi connectivity index (χ1n) is 6.83. The molecule has 2 atom stereocenters. The molecule has 2 aliphatic heterocycles. The Bertz CT molecular complexity index is 219. The number of ether oxygens (including phenoxy) is 2. The van der Waals surface area contributed by atoms with Crippen LogP contribution in [0.4, 0.5) is 0 Å². The summed E-state index contributed by atoms with van der Waals surface area (Å²) in [6.07, 6.45) is 6.25. The Balaban J connectivity index is 1.62. The van der Waals surface area contributed by atoms with Gasteiger partial charge in [-0.3, -0.25) is 0 Å². The molecule has 0 N–H and O–H groups in total. The highest BCUT2D eigenvalue weighted by atomic mass is 79.9. The number of hydrogen-bond donors (Lipinski definition) is 0. The molecule has 0 aromatic carbocycles. The lowest BCUT2D eigenvalue weighted by atomic mass is 10.1. The topological polar surface area (TPSA) is 21.7 Å². The number of halogens is 1. The molecule has 2 heterocycles. The highest BCUT2D eigenvalue weighted by Gasteiger charge is 2.26. The van der Waals surface area contributed by atoms with E-state index in [4.69, 9.17) is 9.47 Å². The summed E-state index contributed by atoms with van der Waals surface area (Å²) in [5, 5.41) is 0.945. The molecule has 0 bridgehead atoms. The Morgan fingerprint density at radius 1 is 1.24 bits per heavy atom. The van der Waals surface area contributed by atoms with E-state index in [1.165, 1.54) is 38.8 Å². The lowest BCUT2D eigenvalue weighted by Gasteiger charge is -2.33. The Morgan fingerprint density at radius 2 is 2.00 bits per heavy atom. The molecule has 4 heteroatoms. The number of hydrogen-bond acceptors (Lipinski definition) is 3. The minimum absolute atomic E-state index is 0.472. The van der Waals surface area contributed by atoms with Gasteiger partial charge in [-0.15, -0.1) is 0 Å². The molecule has 0 aliphatic carbocycles. The molecule has 2 unspecified atom stereocenters. The van der Waals surface area contributed by atoms with Gasteiger partial charge in [0.15, 0.2) is 0 Å². The van der Waals surface area contributed by atoms with Crippen molar-refractivity contribution in [3.05, 3.63) is 0 Å². The van der Waals surface area contributed by atoms with E-state index in [1.807, 2.05) is 0 Å². The zero-order valence-electron chi connectivity index (χ0n) is 10.7. The third-order valence-electron chi connectivity index (χ3n) is 3.75. The van der Waals surface area contributed by atoms with Crippen molar-refractivity contribution < 1.29 is 9.47 Å². The fourth-order valence-corrected chi connectivity index (χ4v) is 2.96. The van der Waals surface area contributed by atoms with Gasteiger partial charge in [0.1, 0.15) is 0 Å². The van der Waals surface area contributed by atoms with Gasteiger partial charge in [-0.1, -0.05) is 15.9 Å². The van der Waals surface area contributed by atoms with Gasteiger partial charge in [-0.25, -0.2) is 0 Å². The maximum Gasteiger partial charge on any atom is 0.0706 e. The van der Waals surface area contributed by atoms with E-state index in [0.717, 1.165) is 18.5 Å². The van der Waals surface area contributed by atoms with E-state index in [1.54, 1.807) is 0 Å². The van der Waals surface area contributed by atoms with Crippen LogP contribution in [0.15, 0.2) is 0 Å². The van der Waals surface area contributed by atoms with Crippen LogP contribution in [0, 0.1) is 0 Å². The van der Waals surface area contributed by atoms with Crippen molar-refractivity contribution in [2.24, 2.45) is 0 Å². The third kappa shape index (κ3) is 4.51. The van der Waals surface area contributed by atoms with Crippen molar-refractivity contribution in [1.29, 1.82) is 0 Å². The Hall–Kier alpha value is 0.360. The number of alkyl halides is 1. The van der Waals surface area contributed by atoms with Gasteiger partial charge >= 0.3 is 0 Å². The minimum atomic E-state index is 0.472. The molecule has 0 aromatic heterocycles. The minimum Gasteiger partial charge on any atom is -0.377 e. The molecule has 2 fully saturated rings. The molecule has 0 saturated carbocycles. The summed E-state index contributed by atoms with van der Waals surface area (Å²) in [5.41, 5.74) is 0. The molecule has 0 amide bonds. The summed E-state index contributed by atoms with van der Waals surface area (Å²) in [5.74, 6) is 0. The van der Waals surface area contributed by atoms with Crippen LogP contribution in [0.5, 0.6) is 0 Å². The van der Waals surface area contributed by atoms with Crippen LogP contribution in [0.3, 0.4) is 0 Å². The van der Waals surface area contributed by atoms with Crippen molar-refractivity contribution in [1.82, 2.24) is 4.90 Å². The second kappa shape index (κ2) is 7.07. The summed E-state index contributed by atoms with van der Waals surface area (Å²) >= 11 is 3.40. The molecule has 0 spiro atoms. The van der Waals surface area contributed by atoms with Gasteiger partial charge in [0.05, 0.1) is 24.9 Å². The lowest BCUT2D eigenvalue weighted by Crippen LogP contribution is -2.41. The smallest absolute Gasteiger partial charge is 0.0706 e. The predicted molar refractivity (Wildman–Crippen MR) is 72.8 cm³/mol. The molecule has 100 valence electrons. The Kier molecular flexibility index (Phi) is 5.74. The quantitative estimate of drug-likeness (QED) is 0.728. The standard InChI is InChI=1S/C13H24BrNO2/c1-11-2-3-13(17-11)10-15-7-4-12(5-8-15)16-9-6-14/h11-13H,2-10H2,1H3. The van der Waals surface area contributed by atoms with E-state index in [0.29, 0.717) is 18.3 Å². The molecular formula is C13H24BrNO2. The van der Waals surface area contributed by atoms with Crippen LogP contribution in [-0.2, 0) is 9.47 Å². The molecule has 2 saturated heterocycles. The first kappa shape index (κ1) is 13.8. The monoisotopic (exact) mass is 305 g/mol. The zero-order chi connectivity index (χ0) is 12.1. The van der Waals surface area contributed by atoms with Crippen LogP contribution in [0.1, 0.15) is 32.6 Å². The zero-order valence-corrected chi connectivity index (χ0v) is 12.3. The van der Waals surface area contributed by atoms with E-state index in [2.05, 4.69) is 27.8 Å². The number of rotatable bonds is 5. The van der Waals surface area contributed by atoms with Crippen molar-refractivity contribution >= 4 is 15.9 Å². The first-order valence-corrected chi connectivity index (χ1v) is 7.95. The summed E-state index contributed by atoms with van der Waals surface area (Å²) in [4.78, 5) is 2.54. The van der Waals surface area contributed by atoms with Crippen molar-refractivity contribution in [3.8, 4) is 0 Å². The summed E-state index contributed by atoms with van der Waals surface area (Å²) in [7, 11) is 0. The number of nitrogens with zero attached hydrogens (tertiary/aromatic N) is 1. The molecule has 3 nitrogen and oxygen atoms in total. The van der Waals surface area contributed by atoms with Gasteiger partial charge in [0.25, 0.3) is 0 Å². The van der Waals surface area contributed by atoms with Crippen LogP contribution < -0.4 is 0 Å². The highest BCUT2D eigenvalue weighted by Crippen LogP contribution is 2.22. The van der Waals surface area contributed by atoms with Crippen LogP contribution in [0.25, 0.3) is 0 Å². The first-order chi connectivity index (χ1) is 8.28. The molecule has 0 aromatic rings. The van der Waals surface area contributed by atoms with Crippen LogP contribution >= 0.6 is 15.9 Å². The summed E-state index contributed by atoms with van der Waals surface area (Å²) < 4.78 is 11.6. The van der Waals surface area contributed by atoms with Crippen molar-refractivity contribution in [3.63, 3.8) is 0 Å². The average Bonchev–Trinajstić information content (AvgIpc) is 2.74. The van der Waals surface area contributed by atoms with E-state index < -0.39 is 0 Å². The van der Waals surface area contributed by atoms with Crippen molar-refractivity contribution in [2.45, 2.75) is 50.9 Å². The fourth-order valence-electron chi connectivity index (χ4n) is 2.78. The molecule has 17 heavy (non-hydrogen) atoms. The normalized spacial score (nSPS) is 32.1. The van der Waals surface area contributed by atoms with Crippen LogP contribution in [0.2, 0.25) is 0 Å². The number of piperidine rings is 1. The van der Waals surface area contributed by atoms with Gasteiger partial charge in [-0.05, 0) is 32.6 Å². The van der Waals surface area contributed by atoms with Gasteiger partial charge in [-0.2, -0.15) is 0 Å². The lowest BCUT2D eigenvalue weighted by molar-refractivity contribution is -0.00856. The fraction of sp³-hybridized carbons (Fsp3) is 1.00. The maximum atomic E-state index is 5.88. The SMILES string of the molecule is CC1CCC(CN2CCC(OCCBr)CC2)O1. The largest absolute Gasteiger partial charge is 0.377 e. The Morgan fingerprint density at radius 3 is 2.59 bits per heavy atom. The molecular weight excluding hydrogens is 282 g/mol. The van der Waals surface area contributed by atoms with Gasteiger partial charge < -0.3 is 14.4 Å². The average molecular weight is 306 g/mol. The molecule has 2 aliphatic rings. The third-order valence-corrected chi connectivity index (χ3v) is 4.07. The summed E-state index contributed by atoms with van der Waals surface area (Å²) in [6, 6.07) is 0. The van der Waals surface area contributed by atoms with Gasteiger partial charge in [0, 0.05) is 25.0 Å². The maximum absolute atomic E-state index is 5.88. The van der Waals surface area contributed by atoms with Gasteiger partial charge in [0.2, 0.25) is 0 Å². The molecule has 2 rings (SSSR count). The summed E-state index contributed by atoms with van der Waals surface area (Å²) in [6.45, 7) is 6.48. The Labute approximate surface area is 113 Å². The second-order valence-electron chi connectivity index (χ2n) is 5.21.